The van der Waals surface area contributed by atoms with Crippen molar-refractivity contribution in [2.75, 3.05) is 5.32 Å². The number of carbonyl (C=O) groups excluding carboxylic acids is 2. The van der Waals surface area contributed by atoms with Gasteiger partial charge >= 0.3 is 0 Å². The molecular weight excluding hydrogens is 407 g/mol. The first-order valence-corrected chi connectivity index (χ1v) is 10.5. The number of hydrogen-bond donors (Lipinski definition) is 2. The van der Waals surface area contributed by atoms with Gasteiger partial charge in [0.05, 0.1) is 6.04 Å². The number of piperidine rings is 1. The summed E-state index contributed by atoms with van der Waals surface area (Å²) in [5.41, 5.74) is 2.41. The molecule has 4 rings (SSSR count). The lowest BCUT2D eigenvalue weighted by atomic mass is 9.59. The highest BCUT2D eigenvalue weighted by atomic mass is 35.5. The van der Waals surface area contributed by atoms with Crippen molar-refractivity contribution in [1.29, 1.82) is 0 Å². The maximum atomic E-state index is 13.6. The van der Waals surface area contributed by atoms with Crippen LogP contribution in [-0.2, 0) is 15.0 Å². The molecule has 2 amide bonds. The Hall–Kier alpha value is -2.30. The predicted molar refractivity (Wildman–Crippen MR) is 117 cm³/mol. The van der Waals surface area contributed by atoms with Crippen LogP contribution in [0.15, 0.2) is 54.1 Å². The highest BCUT2D eigenvalue weighted by Crippen LogP contribution is 2.54. The number of amides is 2. The Bertz CT molecular complexity index is 1030. The molecule has 1 fully saturated rings. The minimum absolute atomic E-state index is 0.0790. The summed E-state index contributed by atoms with van der Waals surface area (Å²) in [7, 11) is 0. The molecule has 150 valence electrons. The first kappa shape index (κ1) is 20.0. The summed E-state index contributed by atoms with van der Waals surface area (Å²) < 4.78 is 0. The molecule has 4 nitrogen and oxygen atoms in total. The van der Waals surface area contributed by atoms with Crippen LogP contribution in [0.2, 0.25) is 10.0 Å². The molecule has 2 N–H and O–H groups in total. The van der Waals surface area contributed by atoms with Crippen molar-refractivity contribution in [2.45, 2.75) is 44.1 Å². The average molecular weight is 429 g/mol. The van der Waals surface area contributed by atoms with Crippen LogP contribution in [0.4, 0.5) is 5.69 Å². The Morgan fingerprint density at radius 1 is 1.17 bits per heavy atom. The largest absolute Gasteiger partial charge is 0.348 e. The predicted octanol–water partition coefficient (Wildman–Crippen LogP) is 5.21. The normalized spacial score (nSPS) is 26.3. The molecule has 0 unspecified atom stereocenters. The van der Waals surface area contributed by atoms with Crippen molar-refractivity contribution in [2.24, 2.45) is 0 Å². The fourth-order valence-electron chi connectivity index (χ4n) is 4.86. The topological polar surface area (TPSA) is 58.2 Å². The molecule has 0 bridgehead atoms. The number of carbonyl (C=O) groups is 2. The lowest BCUT2D eigenvalue weighted by Crippen LogP contribution is -2.62. The summed E-state index contributed by atoms with van der Waals surface area (Å²) in [5, 5.41) is 7.25. The van der Waals surface area contributed by atoms with Gasteiger partial charge in [-0.25, -0.2) is 0 Å². The molecular formula is C23H22Cl2N2O2. The van der Waals surface area contributed by atoms with Crippen molar-refractivity contribution < 1.29 is 9.59 Å². The van der Waals surface area contributed by atoms with Gasteiger partial charge in [-0.2, -0.15) is 0 Å². The van der Waals surface area contributed by atoms with Gasteiger partial charge in [0.15, 0.2) is 0 Å². The van der Waals surface area contributed by atoms with E-state index in [0.29, 0.717) is 15.7 Å². The van der Waals surface area contributed by atoms with Crippen molar-refractivity contribution in [3.8, 4) is 0 Å². The zero-order valence-corrected chi connectivity index (χ0v) is 17.8. The minimum atomic E-state index is -0.978. The maximum absolute atomic E-state index is 13.6. The molecule has 2 heterocycles. The van der Waals surface area contributed by atoms with E-state index in [1.165, 1.54) is 0 Å². The third kappa shape index (κ3) is 3.15. The summed E-state index contributed by atoms with van der Waals surface area (Å²) >= 11 is 12.5. The zero-order chi connectivity index (χ0) is 20.8. The van der Waals surface area contributed by atoms with E-state index in [-0.39, 0.29) is 24.2 Å². The molecule has 0 saturated carbocycles. The van der Waals surface area contributed by atoms with E-state index in [1.54, 1.807) is 18.2 Å². The molecule has 0 radical (unpaired) electrons. The van der Waals surface area contributed by atoms with Gasteiger partial charge in [-0.05, 0) is 48.7 Å². The molecule has 0 aromatic heterocycles. The van der Waals surface area contributed by atoms with Crippen molar-refractivity contribution >= 4 is 40.7 Å². The zero-order valence-electron chi connectivity index (χ0n) is 16.3. The third-order valence-electron chi connectivity index (χ3n) is 5.98. The van der Waals surface area contributed by atoms with Gasteiger partial charge < -0.3 is 10.6 Å². The Kier molecular flexibility index (Phi) is 5.18. The molecule has 0 aliphatic carbocycles. The molecule has 2 aliphatic heterocycles. The van der Waals surface area contributed by atoms with Gasteiger partial charge in [0.1, 0.15) is 5.41 Å². The van der Waals surface area contributed by atoms with Crippen LogP contribution >= 0.6 is 23.2 Å². The van der Waals surface area contributed by atoms with Crippen LogP contribution in [-0.4, -0.2) is 17.9 Å². The standard InChI is InChI=1S/C23H22Cl2N2O2/c1-3-5-13(2)21-23(17-9-8-16(25)11-19(17)26-22(23)29)18(12-20(28)27-21)14-6-4-7-15(24)10-14/h4-11,18,21H,3,12H2,1-2H3,(H,26,29)(H,27,28)/b13-5+/t18-,21+,23-/m0/s1. The van der Waals surface area contributed by atoms with E-state index in [2.05, 4.69) is 16.7 Å². The van der Waals surface area contributed by atoms with Crippen LogP contribution in [0.1, 0.15) is 43.7 Å². The second kappa shape index (κ2) is 7.51. The summed E-state index contributed by atoms with van der Waals surface area (Å²) in [5.74, 6) is -0.569. The minimum Gasteiger partial charge on any atom is -0.348 e. The number of fused-ring (bicyclic) bond motifs is 2. The van der Waals surface area contributed by atoms with Crippen LogP contribution in [0, 0.1) is 0 Å². The Morgan fingerprint density at radius 3 is 2.66 bits per heavy atom. The van der Waals surface area contributed by atoms with Crippen molar-refractivity contribution in [3.05, 3.63) is 75.3 Å². The number of anilines is 1. The van der Waals surface area contributed by atoms with E-state index in [9.17, 15) is 9.59 Å². The van der Waals surface area contributed by atoms with E-state index >= 15 is 0 Å². The van der Waals surface area contributed by atoms with E-state index in [1.807, 2.05) is 38.1 Å². The van der Waals surface area contributed by atoms with Crippen molar-refractivity contribution in [1.82, 2.24) is 5.32 Å². The maximum Gasteiger partial charge on any atom is 0.238 e. The molecule has 2 aromatic carbocycles. The number of hydrogen-bond acceptors (Lipinski definition) is 2. The molecule has 2 aromatic rings. The SMILES string of the molecule is CC/C=C(\C)[C@H]1NC(=O)C[C@@H](c2cccc(Cl)c2)[C@]12C(=O)Nc1cc(Cl)ccc12. The van der Waals surface area contributed by atoms with E-state index in [0.717, 1.165) is 23.1 Å². The van der Waals surface area contributed by atoms with Crippen LogP contribution in [0.5, 0.6) is 0 Å². The first-order chi connectivity index (χ1) is 13.9. The second-order valence-electron chi connectivity index (χ2n) is 7.68. The van der Waals surface area contributed by atoms with Crippen LogP contribution in [0.3, 0.4) is 0 Å². The summed E-state index contributed by atoms with van der Waals surface area (Å²) in [4.78, 5) is 26.4. The molecule has 6 heteroatoms. The lowest BCUT2D eigenvalue weighted by Gasteiger charge is -2.46. The number of rotatable bonds is 3. The highest BCUT2D eigenvalue weighted by Gasteiger charge is 2.61. The summed E-state index contributed by atoms with van der Waals surface area (Å²) in [6, 6.07) is 12.4. The lowest BCUT2D eigenvalue weighted by molar-refractivity contribution is -0.130. The fraction of sp³-hybridized carbons (Fsp3) is 0.304. The summed E-state index contributed by atoms with van der Waals surface area (Å²) in [6.07, 6.45) is 3.07. The van der Waals surface area contributed by atoms with Gasteiger partial charge in [0, 0.05) is 28.1 Å². The van der Waals surface area contributed by atoms with Gasteiger partial charge in [-0.3, -0.25) is 9.59 Å². The molecule has 29 heavy (non-hydrogen) atoms. The number of benzene rings is 2. The van der Waals surface area contributed by atoms with Crippen molar-refractivity contribution in [3.63, 3.8) is 0 Å². The third-order valence-corrected chi connectivity index (χ3v) is 6.45. The fourth-order valence-corrected chi connectivity index (χ4v) is 5.23. The summed E-state index contributed by atoms with van der Waals surface area (Å²) in [6.45, 7) is 4.01. The molecule has 2 aliphatic rings. The van der Waals surface area contributed by atoms with Gasteiger partial charge in [0.2, 0.25) is 11.8 Å². The monoisotopic (exact) mass is 428 g/mol. The average Bonchev–Trinajstić information content (AvgIpc) is 2.95. The number of halogens is 2. The number of nitrogens with one attached hydrogen (secondary N) is 2. The van der Waals surface area contributed by atoms with Gasteiger partial charge in [-0.15, -0.1) is 0 Å². The quantitative estimate of drug-likeness (QED) is 0.658. The Morgan fingerprint density at radius 2 is 1.93 bits per heavy atom. The Balaban J connectivity index is 2.01. The smallest absolute Gasteiger partial charge is 0.238 e. The first-order valence-electron chi connectivity index (χ1n) is 9.70. The van der Waals surface area contributed by atoms with Gasteiger partial charge in [0.25, 0.3) is 0 Å². The molecule has 1 spiro atoms. The number of allylic oxidation sites excluding steroid dienone is 1. The molecule has 3 atom stereocenters. The highest BCUT2D eigenvalue weighted by molar-refractivity contribution is 6.31. The van der Waals surface area contributed by atoms with Gasteiger partial charge in [-0.1, -0.05) is 60.0 Å². The second-order valence-corrected chi connectivity index (χ2v) is 8.55. The Labute approximate surface area is 180 Å². The van der Waals surface area contributed by atoms with E-state index < -0.39 is 11.5 Å². The van der Waals surface area contributed by atoms with Crippen LogP contribution in [0.25, 0.3) is 0 Å². The van der Waals surface area contributed by atoms with Crippen LogP contribution < -0.4 is 10.6 Å². The van der Waals surface area contributed by atoms with E-state index in [4.69, 9.17) is 23.2 Å². The molecule has 1 saturated heterocycles.